The van der Waals surface area contributed by atoms with Gasteiger partial charge in [-0.2, -0.15) is 0 Å². The van der Waals surface area contributed by atoms with Gasteiger partial charge in [-0.1, -0.05) is 69.7 Å². The van der Waals surface area contributed by atoms with E-state index in [1.807, 2.05) is 83.1 Å². The number of benzene rings is 2. The van der Waals surface area contributed by atoms with E-state index in [1.165, 1.54) is 0 Å². The van der Waals surface area contributed by atoms with Crippen molar-refractivity contribution in [3.63, 3.8) is 0 Å². The number of hydrogen-bond donors (Lipinski definition) is 1. The van der Waals surface area contributed by atoms with Crippen LogP contribution in [0.15, 0.2) is 73.8 Å². The van der Waals surface area contributed by atoms with Gasteiger partial charge in [-0.05, 0) is 68.4 Å². The second kappa shape index (κ2) is 13.2. The zero-order valence-corrected chi connectivity index (χ0v) is 27.9. The Morgan fingerprint density at radius 2 is 1.72 bits per heavy atom. The van der Waals surface area contributed by atoms with Gasteiger partial charge in [-0.15, -0.1) is 13.2 Å². The minimum absolute atomic E-state index is 0.0962. The van der Waals surface area contributed by atoms with Crippen LogP contribution in [-0.2, 0) is 19.1 Å². The average Bonchev–Trinajstić information content (AvgIpc) is 3.67. The molecule has 3 aliphatic heterocycles. The number of carbonyl (C=O) groups excluding carboxylic acids is 3. The molecule has 8 heteroatoms. The molecule has 3 amide bonds. The lowest BCUT2D eigenvalue weighted by Gasteiger charge is -2.41. The molecule has 2 aromatic rings. The third-order valence-electron chi connectivity index (χ3n) is 10.8. The predicted molar refractivity (Wildman–Crippen MR) is 181 cm³/mol. The number of likely N-dealkylation sites (tertiary alicyclic amines) is 1. The molecule has 3 saturated heterocycles. The lowest BCUT2D eigenvalue weighted by atomic mass is 9.64. The molecular formula is C38H49N3O5. The maximum absolute atomic E-state index is 15.2. The Morgan fingerprint density at radius 1 is 1.04 bits per heavy atom. The molecular weight excluding hydrogens is 578 g/mol. The highest BCUT2D eigenvalue weighted by Gasteiger charge is 2.79. The summed E-state index contributed by atoms with van der Waals surface area (Å²) in [6.45, 7) is 18.0. The molecule has 46 heavy (non-hydrogen) atoms. The summed E-state index contributed by atoms with van der Waals surface area (Å²) in [5.74, 6) is -2.55. The summed E-state index contributed by atoms with van der Waals surface area (Å²) in [4.78, 5) is 49.9. The first-order valence-electron chi connectivity index (χ1n) is 16.7. The Hall–Kier alpha value is -3.75. The fraction of sp³-hybridized carbons (Fsp3) is 0.500. The molecule has 0 aromatic heterocycles. The highest BCUT2D eigenvalue weighted by Crippen LogP contribution is 2.65. The van der Waals surface area contributed by atoms with E-state index in [9.17, 15) is 14.7 Å². The van der Waals surface area contributed by atoms with E-state index < -0.39 is 35.1 Å². The van der Waals surface area contributed by atoms with Crippen LogP contribution in [0.3, 0.4) is 0 Å². The fourth-order valence-electron chi connectivity index (χ4n) is 8.30. The number of aliphatic hydroxyl groups is 1. The number of rotatable bonds is 13. The molecule has 7 atom stereocenters. The standard InChI is InChI=1S/C38H49N3O5/c1-8-21-39(28-15-13-12-14-16-28)34(43)31-32-35(44)41(30(24-42)26(6)10-3)33(38(32)20-19-37(31,11-4)46-38)36(45)40(22-9-2)29-23-25(5)17-18-27(29)7/h8-9,12-18,23,26,30-33,42H,1-2,10-11,19-22,24H2,3-7H3/t26-,30-,31-,32-,33?,37+,38?/m0/s1. The second-order valence-corrected chi connectivity index (χ2v) is 13.3. The molecule has 8 nitrogen and oxygen atoms in total. The smallest absolute Gasteiger partial charge is 0.253 e. The van der Waals surface area contributed by atoms with Gasteiger partial charge in [-0.25, -0.2) is 0 Å². The van der Waals surface area contributed by atoms with Gasteiger partial charge in [0.25, 0.3) is 5.91 Å². The molecule has 2 bridgehead atoms. The SMILES string of the molecule is C=CCN(C(=O)[C@@H]1[C@H]2C(=O)N([C@@H](CO)[C@@H](C)CC)C(C(=O)N(CC=C)c3cc(C)ccc3C)C23CC[C@@]1(CC)O3)c1ccccc1. The molecule has 0 radical (unpaired) electrons. The van der Waals surface area contributed by atoms with Crippen LogP contribution >= 0.6 is 0 Å². The van der Waals surface area contributed by atoms with E-state index in [0.29, 0.717) is 31.4 Å². The third-order valence-corrected chi connectivity index (χ3v) is 10.8. The van der Waals surface area contributed by atoms with Gasteiger partial charge in [-0.3, -0.25) is 14.4 Å². The number of nitrogens with zero attached hydrogens (tertiary/aromatic N) is 3. The van der Waals surface area contributed by atoms with Crippen molar-refractivity contribution in [1.29, 1.82) is 0 Å². The Kier molecular flexibility index (Phi) is 9.62. The van der Waals surface area contributed by atoms with Crippen LogP contribution in [0.2, 0.25) is 0 Å². The average molecular weight is 628 g/mol. The van der Waals surface area contributed by atoms with Gasteiger partial charge < -0.3 is 24.5 Å². The molecule has 0 saturated carbocycles. The van der Waals surface area contributed by atoms with Crippen molar-refractivity contribution in [1.82, 2.24) is 4.90 Å². The number of amides is 3. The van der Waals surface area contributed by atoms with Crippen molar-refractivity contribution < 1.29 is 24.2 Å². The highest BCUT2D eigenvalue weighted by molar-refractivity contribution is 6.07. The molecule has 0 aliphatic carbocycles. The first kappa shape index (κ1) is 33.6. The Morgan fingerprint density at radius 3 is 2.33 bits per heavy atom. The van der Waals surface area contributed by atoms with Crippen LogP contribution in [0.1, 0.15) is 57.6 Å². The van der Waals surface area contributed by atoms with E-state index in [4.69, 9.17) is 4.74 Å². The van der Waals surface area contributed by atoms with Crippen LogP contribution in [0.5, 0.6) is 0 Å². The van der Waals surface area contributed by atoms with Gasteiger partial charge in [0.1, 0.15) is 11.6 Å². The number of carbonyl (C=O) groups is 3. The molecule has 1 spiro atoms. The normalized spacial score (nSPS) is 27.7. The van der Waals surface area contributed by atoms with Gasteiger partial charge >= 0.3 is 0 Å². The summed E-state index contributed by atoms with van der Waals surface area (Å²) in [5.41, 5.74) is 1.26. The summed E-state index contributed by atoms with van der Waals surface area (Å²) in [6.07, 6.45) is 5.61. The van der Waals surface area contributed by atoms with E-state index in [1.54, 1.807) is 26.9 Å². The zero-order valence-electron chi connectivity index (χ0n) is 27.9. The van der Waals surface area contributed by atoms with E-state index in [-0.39, 0.29) is 43.3 Å². The molecule has 2 aromatic carbocycles. The van der Waals surface area contributed by atoms with Crippen molar-refractivity contribution in [2.45, 2.75) is 83.6 Å². The number of fused-ring (bicyclic) bond motifs is 1. The minimum atomic E-state index is -1.22. The molecule has 246 valence electrons. The summed E-state index contributed by atoms with van der Waals surface area (Å²) in [7, 11) is 0. The fourth-order valence-corrected chi connectivity index (χ4v) is 8.30. The van der Waals surface area contributed by atoms with Gasteiger partial charge in [0, 0.05) is 24.5 Å². The predicted octanol–water partition coefficient (Wildman–Crippen LogP) is 5.60. The van der Waals surface area contributed by atoms with Gasteiger partial charge in [0.2, 0.25) is 11.8 Å². The first-order chi connectivity index (χ1) is 22.0. The van der Waals surface area contributed by atoms with Crippen LogP contribution in [-0.4, -0.2) is 70.7 Å². The summed E-state index contributed by atoms with van der Waals surface area (Å²) < 4.78 is 7.09. The molecule has 1 N–H and O–H groups in total. The van der Waals surface area contributed by atoms with Crippen LogP contribution < -0.4 is 9.80 Å². The number of anilines is 2. The molecule has 2 unspecified atom stereocenters. The number of aliphatic hydroxyl groups excluding tert-OH is 1. The van der Waals surface area contributed by atoms with E-state index in [2.05, 4.69) is 13.2 Å². The van der Waals surface area contributed by atoms with Crippen molar-refractivity contribution >= 4 is 29.1 Å². The van der Waals surface area contributed by atoms with Crippen molar-refractivity contribution in [3.8, 4) is 0 Å². The lowest BCUT2D eigenvalue weighted by molar-refractivity contribution is -0.150. The zero-order chi connectivity index (χ0) is 33.4. The molecule has 3 fully saturated rings. The van der Waals surface area contributed by atoms with Gasteiger partial charge in [0.05, 0.1) is 30.1 Å². The maximum atomic E-state index is 15.2. The monoisotopic (exact) mass is 627 g/mol. The highest BCUT2D eigenvalue weighted by atomic mass is 16.5. The van der Waals surface area contributed by atoms with Crippen LogP contribution in [0, 0.1) is 31.6 Å². The van der Waals surface area contributed by atoms with E-state index >= 15 is 4.79 Å². The van der Waals surface area contributed by atoms with Gasteiger partial charge in [0.15, 0.2) is 0 Å². The van der Waals surface area contributed by atoms with Crippen LogP contribution in [0.25, 0.3) is 0 Å². The van der Waals surface area contributed by atoms with Crippen LogP contribution in [0.4, 0.5) is 11.4 Å². The van der Waals surface area contributed by atoms with Crippen molar-refractivity contribution in [3.05, 3.63) is 85.0 Å². The van der Waals surface area contributed by atoms with Crippen molar-refractivity contribution in [2.75, 3.05) is 29.5 Å². The van der Waals surface area contributed by atoms with Crippen molar-refractivity contribution in [2.24, 2.45) is 17.8 Å². The Labute approximate surface area is 273 Å². The number of hydrogen-bond acceptors (Lipinski definition) is 5. The summed E-state index contributed by atoms with van der Waals surface area (Å²) in [5, 5.41) is 10.8. The first-order valence-corrected chi connectivity index (χ1v) is 16.7. The quantitative estimate of drug-likeness (QED) is 0.292. The number of ether oxygens (including phenoxy) is 1. The minimum Gasteiger partial charge on any atom is -0.394 e. The molecule has 3 aliphatic rings. The summed E-state index contributed by atoms with van der Waals surface area (Å²) in [6, 6.07) is 13.7. The summed E-state index contributed by atoms with van der Waals surface area (Å²) >= 11 is 0. The van der Waals surface area contributed by atoms with E-state index in [0.717, 1.165) is 16.8 Å². The Bertz CT molecular complexity index is 1490. The largest absolute Gasteiger partial charge is 0.394 e. The maximum Gasteiger partial charge on any atom is 0.253 e. The molecule has 3 heterocycles. The topological polar surface area (TPSA) is 90.4 Å². The number of para-hydroxylation sites is 1. The Balaban J connectivity index is 1.69. The molecule has 5 rings (SSSR count). The lowest BCUT2D eigenvalue weighted by Crippen LogP contribution is -2.60. The second-order valence-electron chi connectivity index (χ2n) is 13.3. The third kappa shape index (κ3) is 5.20. The number of aryl methyl sites for hydroxylation is 2.